The maximum absolute atomic E-state index is 11.8. The minimum Gasteiger partial charge on any atom is -0.312 e. The molecule has 0 amide bonds. The maximum Gasteiger partial charge on any atom is 0.159 e. The molecule has 0 spiro atoms. The molecule has 0 saturated carbocycles. The lowest BCUT2D eigenvalue weighted by Gasteiger charge is -2.20. The molecular formula is C13H24ClNO. The van der Waals surface area contributed by atoms with E-state index < -0.39 is 0 Å². The lowest BCUT2D eigenvalue weighted by atomic mass is 9.95. The lowest BCUT2D eigenvalue weighted by Crippen LogP contribution is -2.37. The molecule has 94 valence electrons. The summed E-state index contributed by atoms with van der Waals surface area (Å²) in [6.45, 7) is 7.16. The van der Waals surface area contributed by atoms with Crippen LogP contribution in [0.5, 0.6) is 0 Å². The zero-order valence-electron chi connectivity index (χ0n) is 10.6. The van der Waals surface area contributed by atoms with Crippen LogP contribution in [0.2, 0.25) is 0 Å². The molecule has 1 aliphatic carbocycles. The number of carbonyl (C=O) groups excluding carboxylic acids is 1. The average molecular weight is 246 g/mol. The Kier molecular flexibility index (Phi) is 6.93. The van der Waals surface area contributed by atoms with E-state index in [0.717, 1.165) is 25.0 Å². The fraction of sp³-hybridized carbons (Fsp3) is 0.769. The highest BCUT2D eigenvalue weighted by atomic mass is 35.5. The van der Waals surface area contributed by atoms with Gasteiger partial charge in [0.2, 0.25) is 0 Å². The summed E-state index contributed by atoms with van der Waals surface area (Å²) in [6.07, 6.45) is 7.29. The predicted octanol–water partition coefficient (Wildman–Crippen LogP) is 3.26. The van der Waals surface area contributed by atoms with Crippen molar-refractivity contribution >= 4 is 18.2 Å². The molecule has 1 aliphatic rings. The number of hydrogen-bond acceptors (Lipinski definition) is 2. The van der Waals surface area contributed by atoms with Crippen LogP contribution in [0.4, 0.5) is 0 Å². The minimum atomic E-state index is 0. The summed E-state index contributed by atoms with van der Waals surface area (Å²) < 4.78 is 0. The second-order valence-corrected chi connectivity index (χ2v) is 5.33. The Morgan fingerprint density at radius 1 is 1.38 bits per heavy atom. The Bertz CT molecular complexity index is 253. The second kappa shape index (κ2) is 7.08. The van der Waals surface area contributed by atoms with Gasteiger partial charge in [0.1, 0.15) is 0 Å². The van der Waals surface area contributed by atoms with Crippen molar-refractivity contribution in [3.63, 3.8) is 0 Å². The molecule has 3 heteroatoms. The van der Waals surface area contributed by atoms with Crippen LogP contribution in [0.1, 0.15) is 52.9 Å². The highest BCUT2D eigenvalue weighted by Gasteiger charge is 2.13. The molecule has 0 aromatic rings. The molecule has 0 unspecified atom stereocenters. The van der Waals surface area contributed by atoms with Gasteiger partial charge in [0.15, 0.2) is 5.78 Å². The van der Waals surface area contributed by atoms with Crippen molar-refractivity contribution in [1.82, 2.24) is 5.32 Å². The summed E-state index contributed by atoms with van der Waals surface area (Å²) in [5.74, 6) is 0.339. The van der Waals surface area contributed by atoms with E-state index in [1.54, 1.807) is 0 Å². The molecular weight excluding hydrogens is 222 g/mol. The van der Waals surface area contributed by atoms with Gasteiger partial charge in [-0.05, 0) is 52.0 Å². The Morgan fingerprint density at radius 3 is 2.56 bits per heavy atom. The maximum atomic E-state index is 11.8. The van der Waals surface area contributed by atoms with Gasteiger partial charge >= 0.3 is 0 Å². The van der Waals surface area contributed by atoms with Gasteiger partial charge in [-0.15, -0.1) is 12.4 Å². The summed E-state index contributed by atoms with van der Waals surface area (Å²) >= 11 is 0. The van der Waals surface area contributed by atoms with Gasteiger partial charge in [0, 0.05) is 18.5 Å². The average Bonchev–Trinajstić information content (AvgIpc) is 2.17. The van der Waals surface area contributed by atoms with Crippen molar-refractivity contribution in [3.8, 4) is 0 Å². The topological polar surface area (TPSA) is 29.1 Å². The Balaban J connectivity index is 0.00000225. The molecule has 16 heavy (non-hydrogen) atoms. The third kappa shape index (κ3) is 6.29. The number of Topliss-reactive ketones (excluding diaryl/α,β-unsaturated/α-hetero) is 1. The Morgan fingerprint density at radius 2 is 2.06 bits per heavy atom. The molecule has 1 rings (SSSR count). The third-order valence-corrected chi connectivity index (χ3v) is 2.66. The van der Waals surface area contributed by atoms with E-state index in [2.05, 4.69) is 32.2 Å². The van der Waals surface area contributed by atoms with Crippen molar-refractivity contribution in [1.29, 1.82) is 0 Å². The fourth-order valence-corrected chi connectivity index (χ4v) is 1.80. The van der Waals surface area contributed by atoms with Crippen LogP contribution in [-0.4, -0.2) is 17.9 Å². The molecule has 0 radical (unpaired) electrons. The van der Waals surface area contributed by atoms with Gasteiger partial charge in [0.25, 0.3) is 0 Å². The fourth-order valence-electron chi connectivity index (χ4n) is 1.80. The van der Waals surface area contributed by atoms with Crippen molar-refractivity contribution in [2.24, 2.45) is 0 Å². The predicted molar refractivity (Wildman–Crippen MR) is 71.2 cm³/mol. The van der Waals surface area contributed by atoms with Crippen molar-refractivity contribution < 1.29 is 4.79 Å². The molecule has 0 saturated heterocycles. The van der Waals surface area contributed by atoms with E-state index in [0.29, 0.717) is 12.2 Å². The van der Waals surface area contributed by atoms with Gasteiger partial charge in [-0.2, -0.15) is 0 Å². The van der Waals surface area contributed by atoms with Crippen molar-refractivity contribution in [3.05, 3.63) is 11.6 Å². The second-order valence-electron chi connectivity index (χ2n) is 5.33. The normalized spacial score (nSPS) is 16.3. The number of halogens is 1. The van der Waals surface area contributed by atoms with E-state index in [1.165, 1.54) is 12.8 Å². The standard InChI is InChI=1S/C13H23NO.ClH/c1-13(2,3)14-10-9-12(15)11-7-5-4-6-8-11;/h7,14H,4-6,8-10H2,1-3H3;1H. The first kappa shape index (κ1) is 15.7. The number of ketones is 1. The first-order chi connectivity index (χ1) is 6.99. The van der Waals surface area contributed by atoms with Gasteiger partial charge in [0.05, 0.1) is 0 Å². The van der Waals surface area contributed by atoms with Gasteiger partial charge < -0.3 is 5.32 Å². The van der Waals surface area contributed by atoms with Crippen LogP contribution in [0, 0.1) is 0 Å². The molecule has 0 heterocycles. The Labute approximate surface area is 105 Å². The molecule has 2 nitrogen and oxygen atoms in total. The van der Waals surface area contributed by atoms with Crippen LogP contribution in [0.25, 0.3) is 0 Å². The van der Waals surface area contributed by atoms with Crippen LogP contribution >= 0.6 is 12.4 Å². The van der Waals surface area contributed by atoms with Crippen LogP contribution < -0.4 is 5.32 Å². The monoisotopic (exact) mass is 245 g/mol. The summed E-state index contributed by atoms with van der Waals surface area (Å²) in [5, 5.41) is 3.34. The summed E-state index contributed by atoms with van der Waals surface area (Å²) in [6, 6.07) is 0. The summed E-state index contributed by atoms with van der Waals surface area (Å²) in [4.78, 5) is 11.8. The molecule has 0 aromatic heterocycles. The highest BCUT2D eigenvalue weighted by Crippen LogP contribution is 2.18. The van der Waals surface area contributed by atoms with Crippen LogP contribution in [-0.2, 0) is 4.79 Å². The quantitative estimate of drug-likeness (QED) is 0.824. The van der Waals surface area contributed by atoms with E-state index >= 15 is 0 Å². The number of allylic oxidation sites excluding steroid dienone is 2. The number of hydrogen-bond donors (Lipinski definition) is 1. The number of carbonyl (C=O) groups is 1. The first-order valence-corrected chi connectivity index (χ1v) is 5.96. The molecule has 0 atom stereocenters. The van der Waals surface area contributed by atoms with E-state index in [9.17, 15) is 4.79 Å². The SMILES string of the molecule is CC(C)(C)NCCC(=O)C1=CCCCC1.Cl. The van der Waals surface area contributed by atoms with Gasteiger partial charge in [-0.1, -0.05) is 6.08 Å². The number of nitrogens with one attached hydrogen (secondary N) is 1. The molecule has 0 aliphatic heterocycles. The first-order valence-electron chi connectivity index (χ1n) is 5.96. The zero-order chi connectivity index (χ0) is 11.3. The molecule has 0 bridgehead atoms. The van der Waals surface area contributed by atoms with Crippen molar-refractivity contribution in [2.75, 3.05) is 6.54 Å². The summed E-state index contributed by atoms with van der Waals surface area (Å²) in [7, 11) is 0. The van der Waals surface area contributed by atoms with Gasteiger partial charge in [-0.3, -0.25) is 4.79 Å². The Hall–Kier alpha value is -0.340. The largest absolute Gasteiger partial charge is 0.312 e. The van der Waals surface area contributed by atoms with E-state index in [1.807, 2.05) is 0 Å². The van der Waals surface area contributed by atoms with Crippen LogP contribution in [0.15, 0.2) is 11.6 Å². The smallest absolute Gasteiger partial charge is 0.159 e. The zero-order valence-corrected chi connectivity index (χ0v) is 11.5. The van der Waals surface area contributed by atoms with Gasteiger partial charge in [-0.25, -0.2) is 0 Å². The highest BCUT2D eigenvalue weighted by molar-refractivity contribution is 5.95. The van der Waals surface area contributed by atoms with Crippen LogP contribution in [0.3, 0.4) is 0 Å². The van der Waals surface area contributed by atoms with E-state index in [-0.39, 0.29) is 17.9 Å². The molecule has 0 fully saturated rings. The molecule has 0 aromatic carbocycles. The van der Waals surface area contributed by atoms with Crippen molar-refractivity contribution in [2.45, 2.75) is 58.4 Å². The third-order valence-electron chi connectivity index (χ3n) is 2.66. The molecule has 1 N–H and O–H groups in total. The summed E-state index contributed by atoms with van der Waals surface area (Å²) in [5.41, 5.74) is 1.18. The number of rotatable bonds is 4. The lowest BCUT2D eigenvalue weighted by molar-refractivity contribution is -0.115. The minimum absolute atomic E-state index is 0. The van der Waals surface area contributed by atoms with E-state index in [4.69, 9.17) is 0 Å².